The van der Waals surface area contributed by atoms with Crippen molar-refractivity contribution in [3.8, 4) is 0 Å². The lowest BCUT2D eigenvalue weighted by Crippen LogP contribution is -2.24. The molecule has 0 saturated carbocycles. The molecule has 23 heavy (non-hydrogen) atoms. The van der Waals surface area contributed by atoms with E-state index >= 15 is 0 Å². The fourth-order valence-corrected chi connectivity index (χ4v) is 3.30. The highest BCUT2D eigenvalue weighted by Crippen LogP contribution is 2.30. The largest absolute Gasteiger partial charge is 0.416 e. The van der Waals surface area contributed by atoms with Crippen molar-refractivity contribution in [3.05, 3.63) is 64.4 Å². The predicted octanol–water partition coefficient (Wildman–Crippen LogP) is 3.98. The first kappa shape index (κ1) is 17.7. The Kier molecular flexibility index (Phi) is 4.98. The molecule has 9 heteroatoms. The summed E-state index contributed by atoms with van der Waals surface area (Å²) in [6, 6.07) is 7.51. The van der Waals surface area contributed by atoms with Crippen LogP contribution in [-0.2, 0) is 22.7 Å². The van der Waals surface area contributed by atoms with E-state index in [4.69, 9.17) is 11.6 Å². The smallest absolute Gasteiger partial charge is 0.207 e. The van der Waals surface area contributed by atoms with Crippen molar-refractivity contribution in [2.45, 2.75) is 17.6 Å². The van der Waals surface area contributed by atoms with E-state index in [0.29, 0.717) is 12.1 Å². The summed E-state index contributed by atoms with van der Waals surface area (Å²) in [4.78, 5) is -0.200. The van der Waals surface area contributed by atoms with Gasteiger partial charge in [-0.05, 0) is 24.3 Å². The molecule has 0 atom stereocenters. The Bertz CT molecular complexity index is 822. The van der Waals surface area contributed by atoms with Gasteiger partial charge in [-0.3, -0.25) is 0 Å². The number of hydrogen-bond donors (Lipinski definition) is 1. The van der Waals surface area contributed by atoms with Crippen LogP contribution in [0.4, 0.5) is 17.6 Å². The van der Waals surface area contributed by atoms with Crippen molar-refractivity contribution in [1.82, 2.24) is 4.72 Å². The van der Waals surface area contributed by atoms with Crippen molar-refractivity contribution in [1.29, 1.82) is 0 Å². The van der Waals surface area contributed by atoms with E-state index in [2.05, 4.69) is 4.72 Å². The van der Waals surface area contributed by atoms with Crippen LogP contribution >= 0.6 is 11.6 Å². The third kappa shape index (κ3) is 4.21. The van der Waals surface area contributed by atoms with E-state index in [9.17, 15) is 26.0 Å². The summed E-state index contributed by atoms with van der Waals surface area (Å²) in [5.74, 6) is -1.15. The van der Waals surface area contributed by atoms with E-state index in [1.54, 1.807) is 0 Å². The summed E-state index contributed by atoms with van der Waals surface area (Å²) >= 11 is 5.77. The Morgan fingerprint density at radius 1 is 1.09 bits per heavy atom. The maximum atomic E-state index is 13.7. The van der Waals surface area contributed by atoms with E-state index in [-0.39, 0.29) is 15.5 Å². The Hall–Kier alpha value is -1.64. The Labute approximate surface area is 134 Å². The molecule has 0 saturated heterocycles. The monoisotopic (exact) mass is 367 g/mol. The molecular formula is C14H10ClF4NO2S. The second-order valence-corrected chi connectivity index (χ2v) is 6.70. The van der Waals surface area contributed by atoms with Crippen LogP contribution in [0.5, 0.6) is 0 Å². The van der Waals surface area contributed by atoms with Gasteiger partial charge < -0.3 is 0 Å². The number of nitrogens with one attached hydrogen (secondary N) is 1. The quantitative estimate of drug-likeness (QED) is 0.831. The van der Waals surface area contributed by atoms with Crippen LogP contribution < -0.4 is 4.72 Å². The van der Waals surface area contributed by atoms with E-state index in [1.807, 2.05) is 0 Å². The molecular weight excluding hydrogens is 358 g/mol. The van der Waals surface area contributed by atoms with Gasteiger partial charge in [0.15, 0.2) is 0 Å². The molecule has 0 bridgehead atoms. The van der Waals surface area contributed by atoms with Crippen molar-refractivity contribution >= 4 is 21.6 Å². The molecule has 0 fully saturated rings. The zero-order chi connectivity index (χ0) is 17.3. The van der Waals surface area contributed by atoms with Gasteiger partial charge in [-0.15, -0.1) is 0 Å². The Balaban J connectivity index is 2.20. The molecule has 0 amide bonds. The number of halogens is 5. The molecule has 0 heterocycles. The minimum Gasteiger partial charge on any atom is -0.207 e. The van der Waals surface area contributed by atoms with Gasteiger partial charge in [0.05, 0.1) is 10.6 Å². The van der Waals surface area contributed by atoms with Crippen LogP contribution in [0.2, 0.25) is 5.02 Å². The molecule has 124 valence electrons. The highest BCUT2D eigenvalue weighted by atomic mass is 35.5. The molecule has 2 rings (SSSR count). The summed E-state index contributed by atoms with van der Waals surface area (Å²) in [5, 5.41) is -0.0205. The standard InChI is InChI=1S/C14H10ClF4NO2S/c15-11-3-1-2-4-13(11)23(21,22)20-8-9-5-6-10(7-12(9)16)14(17,18)19/h1-7,20H,8H2. The zero-order valence-corrected chi connectivity index (χ0v) is 12.9. The van der Waals surface area contributed by atoms with Gasteiger partial charge in [0.25, 0.3) is 0 Å². The highest BCUT2D eigenvalue weighted by Gasteiger charge is 2.31. The van der Waals surface area contributed by atoms with Crippen molar-refractivity contribution in [3.63, 3.8) is 0 Å². The van der Waals surface area contributed by atoms with Crippen LogP contribution in [-0.4, -0.2) is 8.42 Å². The van der Waals surface area contributed by atoms with Crippen LogP contribution in [0.1, 0.15) is 11.1 Å². The normalized spacial score (nSPS) is 12.4. The average molecular weight is 368 g/mol. The number of hydrogen-bond acceptors (Lipinski definition) is 2. The average Bonchev–Trinajstić information content (AvgIpc) is 2.45. The fourth-order valence-electron chi connectivity index (χ4n) is 1.78. The third-order valence-corrected chi connectivity index (χ3v) is 4.86. The molecule has 1 N–H and O–H groups in total. The van der Waals surface area contributed by atoms with Crippen LogP contribution in [0.3, 0.4) is 0 Å². The van der Waals surface area contributed by atoms with Crippen molar-refractivity contribution in [2.24, 2.45) is 0 Å². The van der Waals surface area contributed by atoms with Crippen LogP contribution in [0, 0.1) is 5.82 Å². The lowest BCUT2D eigenvalue weighted by atomic mass is 10.1. The minimum absolute atomic E-state index is 0.0205. The number of benzene rings is 2. The second-order valence-electron chi connectivity index (χ2n) is 4.56. The molecule has 0 radical (unpaired) electrons. The summed E-state index contributed by atoms with van der Waals surface area (Å²) in [5.41, 5.74) is -1.36. The second kappa shape index (κ2) is 6.46. The first-order chi connectivity index (χ1) is 10.6. The van der Waals surface area contributed by atoms with Gasteiger partial charge in [0, 0.05) is 12.1 Å². The lowest BCUT2D eigenvalue weighted by Gasteiger charge is -2.11. The summed E-state index contributed by atoms with van der Waals surface area (Å²) < 4.78 is 77.2. The van der Waals surface area contributed by atoms with Gasteiger partial charge in [0.1, 0.15) is 10.7 Å². The molecule has 0 aliphatic rings. The van der Waals surface area contributed by atoms with Gasteiger partial charge in [0.2, 0.25) is 10.0 Å². The summed E-state index contributed by atoms with van der Waals surface area (Å²) in [7, 11) is -4.02. The number of rotatable bonds is 4. The molecule has 3 nitrogen and oxygen atoms in total. The summed E-state index contributed by atoms with van der Waals surface area (Å²) in [6.07, 6.45) is -4.67. The van der Waals surface area contributed by atoms with Gasteiger partial charge >= 0.3 is 6.18 Å². The number of alkyl halides is 3. The molecule has 2 aromatic rings. The van der Waals surface area contributed by atoms with Gasteiger partial charge in [-0.2, -0.15) is 13.2 Å². The maximum absolute atomic E-state index is 13.7. The maximum Gasteiger partial charge on any atom is 0.416 e. The first-order valence-corrected chi connectivity index (χ1v) is 8.07. The lowest BCUT2D eigenvalue weighted by molar-refractivity contribution is -0.137. The SMILES string of the molecule is O=S(=O)(NCc1ccc(C(F)(F)F)cc1F)c1ccccc1Cl. The molecule has 0 aliphatic heterocycles. The minimum atomic E-state index is -4.67. The van der Waals surface area contributed by atoms with Crippen LogP contribution in [0.25, 0.3) is 0 Å². The third-order valence-electron chi connectivity index (χ3n) is 2.96. The predicted molar refractivity (Wildman–Crippen MR) is 76.9 cm³/mol. The van der Waals surface area contributed by atoms with E-state index in [0.717, 1.165) is 6.07 Å². The molecule has 0 spiro atoms. The topological polar surface area (TPSA) is 46.2 Å². The Morgan fingerprint density at radius 2 is 1.74 bits per heavy atom. The molecule has 0 aliphatic carbocycles. The summed E-state index contributed by atoms with van der Waals surface area (Å²) in [6.45, 7) is -0.502. The van der Waals surface area contributed by atoms with Gasteiger partial charge in [-0.25, -0.2) is 17.5 Å². The van der Waals surface area contributed by atoms with E-state index < -0.39 is 34.1 Å². The Morgan fingerprint density at radius 3 is 2.30 bits per heavy atom. The number of sulfonamides is 1. The zero-order valence-electron chi connectivity index (χ0n) is 11.4. The molecule has 0 aromatic heterocycles. The molecule has 0 unspecified atom stereocenters. The molecule has 2 aromatic carbocycles. The highest BCUT2D eigenvalue weighted by molar-refractivity contribution is 7.89. The van der Waals surface area contributed by atoms with Crippen LogP contribution in [0.15, 0.2) is 47.4 Å². The fraction of sp³-hybridized carbons (Fsp3) is 0.143. The van der Waals surface area contributed by atoms with Crippen molar-refractivity contribution in [2.75, 3.05) is 0 Å². The van der Waals surface area contributed by atoms with Crippen molar-refractivity contribution < 1.29 is 26.0 Å². The van der Waals surface area contributed by atoms with Gasteiger partial charge in [-0.1, -0.05) is 29.8 Å². The van der Waals surface area contributed by atoms with E-state index in [1.165, 1.54) is 24.3 Å². The first-order valence-electron chi connectivity index (χ1n) is 6.21.